The molecule has 0 bridgehead atoms. The van der Waals surface area contributed by atoms with Gasteiger partial charge in [0.15, 0.2) is 23.4 Å². The molecule has 20 nitrogen and oxygen atoms in total. The summed E-state index contributed by atoms with van der Waals surface area (Å²) in [6, 6.07) is 0. The Bertz CT molecular complexity index is 756. The van der Waals surface area contributed by atoms with Crippen molar-refractivity contribution in [3.05, 3.63) is 0 Å². The lowest BCUT2D eigenvalue weighted by atomic mass is 9.96. The third-order valence-corrected chi connectivity index (χ3v) is 3.38. The molecule has 0 aliphatic carbocycles. The van der Waals surface area contributed by atoms with E-state index in [0.717, 1.165) is 0 Å². The summed E-state index contributed by atoms with van der Waals surface area (Å²) >= 11 is 0. The van der Waals surface area contributed by atoms with Crippen molar-refractivity contribution in [2.45, 2.75) is 49.1 Å². The Kier molecular flexibility index (Phi) is 15.6. The number of aliphatic hydroxyl groups is 4. The van der Waals surface area contributed by atoms with Crippen LogP contribution < -0.4 is 0 Å². The van der Waals surface area contributed by atoms with Gasteiger partial charge in [0.1, 0.15) is 0 Å². The average Bonchev–Trinajstić information content (AvgIpc) is 2.64. The van der Waals surface area contributed by atoms with Gasteiger partial charge in [-0.1, -0.05) is 0 Å². The molecule has 0 aliphatic heterocycles. The molecule has 0 spiro atoms. The number of aliphatic hydroxyl groups excluding tert-OH is 2. The number of hydrogen-bond donors (Lipinski definition) is 12. The third kappa shape index (κ3) is 15.4. The first-order valence-electron chi connectivity index (χ1n) is 8.62. The van der Waals surface area contributed by atoms with E-state index in [2.05, 4.69) is 0 Å². The van der Waals surface area contributed by atoms with Crippen molar-refractivity contribution < 1.29 is 99.6 Å². The van der Waals surface area contributed by atoms with Crippen LogP contribution in [0.1, 0.15) is 25.7 Å². The molecule has 0 rings (SSSR count). The molecule has 0 aromatic carbocycles. The standard InChI is InChI=1S/2C6H8O7.C4H6O6/c2*7-3(8)1-6(13,5(11)12)2-4(9)10;5-1(3(7)8)2(6)4(9)10/h2*13H,1-2H2,(H,7,8)(H,9,10)(H,11,12);1-2,5-6H,(H,7,8)(H,9,10). The summed E-state index contributed by atoms with van der Waals surface area (Å²) in [7, 11) is 0. The number of rotatable bonds is 13. The SMILES string of the molecule is O=C(O)C(O)C(O)C(=O)O.O=C(O)CC(O)(CC(=O)O)C(=O)O.O=C(O)CC(O)(CC(=O)O)C(=O)O. The first kappa shape index (κ1) is 36.2. The molecule has 0 heterocycles. The van der Waals surface area contributed by atoms with Gasteiger partial charge < -0.3 is 61.3 Å². The Morgan fingerprint density at radius 1 is 0.444 bits per heavy atom. The molecule has 206 valence electrons. The van der Waals surface area contributed by atoms with Gasteiger partial charge in [0.25, 0.3) is 0 Å². The normalized spacial score (nSPS) is 12.2. The van der Waals surface area contributed by atoms with Crippen LogP contribution in [0, 0.1) is 0 Å². The summed E-state index contributed by atoms with van der Waals surface area (Å²) in [5, 5.41) is 100. The quantitative estimate of drug-likeness (QED) is 0.106. The second kappa shape index (κ2) is 15.5. The highest BCUT2D eigenvalue weighted by molar-refractivity contribution is 5.88. The molecule has 20 heteroatoms. The molecule has 12 N–H and O–H groups in total. The van der Waals surface area contributed by atoms with E-state index in [1.165, 1.54) is 0 Å². The molecule has 0 radical (unpaired) electrons. The summed E-state index contributed by atoms with van der Waals surface area (Å²) in [4.78, 5) is 80.5. The Balaban J connectivity index is -0.000000459. The molecular formula is C16H22O20. The average molecular weight is 534 g/mol. The lowest BCUT2D eigenvalue weighted by Crippen LogP contribution is -2.42. The second-order valence-electron chi connectivity index (χ2n) is 6.52. The van der Waals surface area contributed by atoms with Crippen molar-refractivity contribution >= 4 is 47.8 Å². The summed E-state index contributed by atoms with van der Waals surface area (Å²) in [6.07, 6.45) is -9.11. The Morgan fingerprint density at radius 3 is 0.694 bits per heavy atom. The summed E-state index contributed by atoms with van der Waals surface area (Å²) in [5.74, 6) is -13.6. The smallest absolute Gasteiger partial charge is 0.336 e. The topological polar surface area (TPSA) is 379 Å². The highest BCUT2D eigenvalue weighted by Gasteiger charge is 2.41. The van der Waals surface area contributed by atoms with Gasteiger partial charge in [-0.25, -0.2) is 19.2 Å². The molecule has 0 aliphatic rings. The summed E-state index contributed by atoms with van der Waals surface area (Å²) in [6.45, 7) is 0. The number of carbonyl (C=O) groups is 8. The first-order valence-corrected chi connectivity index (χ1v) is 8.62. The van der Waals surface area contributed by atoms with Gasteiger partial charge in [0.2, 0.25) is 0 Å². The van der Waals surface area contributed by atoms with Gasteiger partial charge in [-0.05, 0) is 0 Å². The maximum absolute atomic E-state index is 10.3. The van der Waals surface area contributed by atoms with Gasteiger partial charge in [-0.2, -0.15) is 0 Å². The van der Waals surface area contributed by atoms with Crippen molar-refractivity contribution in [1.29, 1.82) is 0 Å². The lowest BCUT2D eigenvalue weighted by Gasteiger charge is -2.18. The zero-order valence-corrected chi connectivity index (χ0v) is 17.6. The van der Waals surface area contributed by atoms with Crippen molar-refractivity contribution in [3.8, 4) is 0 Å². The fraction of sp³-hybridized carbons (Fsp3) is 0.500. The molecule has 0 saturated heterocycles. The maximum atomic E-state index is 10.3. The zero-order valence-electron chi connectivity index (χ0n) is 17.6. The van der Waals surface area contributed by atoms with Crippen LogP contribution >= 0.6 is 0 Å². The fourth-order valence-electron chi connectivity index (χ4n) is 1.70. The van der Waals surface area contributed by atoms with E-state index in [1.807, 2.05) is 0 Å². The third-order valence-electron chi connectivity index (χ3n) is 3.38. The Hall–Kier alpha value is -4.40. The Morgan fingerprint density at radius 2 is 0.611 bits per heavy atom. The van der Waals surface area contributed by atoms with E-state index in [-0.39, 0.29) is 0 Å². The highest BCUT2D eigenvalue weighted by atomic mass is 16.4. The number of aliphatic carboxylic acids is 8. The van der Waals surface area contributed by atoms with Gasteiger partial charge in [-0.3, -0.25) is 19.2 Å². The van der Waals surface area contributed by atoms with Gasteiger partial charge in [0.05, 0.1) is 25.7 Å². The molecule has 36 heavy (non-hydrogen) atoms. The van der Waals surface area contributed by atoms with E-state index >= 15 is 0 Å². The highest BCUT2D eigenvalue weighted by Crippen LogP contribution is 2.16. The van der Waals surface area contributed by atoms with E-state index < -0.39 is 96.8 Å². The minimum Gasteiger partial charge on any atom is -0.481 e. The lowest BCUT2D eigenvalue weighted by molar-refractivity contribution is -0.170. The first-order chi connectivity index (χ1) is 16.0. The van der Waals surface area contributed by atoms with Crippen LogP contribution in [0.4, 0.5) is 0 Å². The molecule has 2 unspecified atom stereocenters. The monoisotopic (exact) mass is 534 g/mol. The fourth-order valence-corrected chi connectivity index (χ4v) is 1.70. The molecule has 0 amide bonds. The van der Waals surface area contributed by atoms with Crippen molar-refractivity contribution in [1.82, 2.24) is 0 Å². The minimum absolute atomic E-state index is 1.14. The van der Waals surface area contributed by atoms with E-state index in [0.29, 0.717) is 0 Å². The number of carboxylic acid groups (broad SMARTS) is 8. The van der Waals surface area contributed by atoms with Crippen LogP contribution in [0.3, 0.4) is 0 Å². The van der Waals surface area contributed by atoms with E-state index in [9.17, 15) is 38.4 Å². The molecule has 0 aromatic heterocycles. The van der Waals surface area contributed by atoms with Crippen LogP contribution in [0.5, 0.6) is 0 Å². The molecule has 0 saturated carbocycles. The van der Waals surface area contributed by atoms with Crippen LogP contribution in [-0.4, -0.2) is 132 Å². The van der Waals surface area contributed by atoms with Crippen molar-refractivity contribution in [2.75, 3.05) is 0 Å². The largest absolute Gasteiger partial charge is 0.481 e. The van der Waals surface area contributed by atoms with Crippen LogP contribution in [-0.2, 0) is 38.4 Å². The molecule has 0 fully saturated rings. The molecule has 2 atom stereocenters. The number of carboxylic acids is 8. The number of hydrogen-bond acceptors (Lipinski definition) is 12. The van der Waals surface area contributed by atoms with E-state index in [4.69, 9.17) is 61.3 Å². The predicted molar refractivity (Wildman–Crippen MR) is 101 cm³/mol. The molecule has 0 aromatic rings. The Labute approximate surface area is 197 Å². The maximum Gasteiger partial charge on any atom is 0.336 e. The summed E-state index contributed by atoms with van der Waals surface area (Å²) in [5.41, 5.74) is -5.48. The second-order valence-corrected chi connectivity index (χ2v) is 6.52. The van der Waals surface area contributed by atoms with Gasteiger partial charge in [0, 0.05) is 0 Å². The van der Waals surface area contributed by atoms with Gasteiger partial charge >= 0.3 is 47.8 Å². The van der Waals surface area contributed by atoms with Crippen LogP contribution in [0.15, 0.2) is 0 Å². The van der Waals surface area contributed by atoms with Gasteiger partial charge in [-0.15, -0.1) is 0 Å². The van der Waals surface area contributed by atoms with E-state index in [1.54, 1.807) is 0 Å². The van der Waals surface area contributed by atoms with Crippen LogP contribution in [0.2, 0.25) is 0 Å². The van der Waals surface area contributed by atoms with Crippen LogP contribution in [0.25, 0.3) is 0 Å². The minimum atomic E-state index is -2.74. The zero-order chi connectivity index (χ0) is 29.6. The predicted octanol–water partition coefficient (Wildman–Crippen LogP) is -4.62. The molecular weight excluding hydrogens is 512 g/mol. The van der Waals surface area contributed by atoms with Crippen molar-refractivity contribution in [3.63, 3.8) is 0 Å². The summed E-state index contributed by atoms with van der Waals surface area (Å²) < 4.78 is 0. The van der Waals surface area contributed by atoms with Crippen molar-refractivity contribution in [2.24, 2.45) is 0 Å².